The second-order valence-electron chi connectivity index (χ2n) is 18.3. The van der Waals surface area contributed by atoms with Crippen LogP contribution >= 0.6 is 11.8 Å². The van der Waals surface area contributed by atoms with Gasteiger partial charge in [0.15, 0.2) is 0 Å². The molecule has 66 heavy (non-hydrogen) atoms. The lowest BCUT2D eigenvalue weighted by molar-refractivity contribution is -0.143. The second kappa shape index (κ2) is 20.1. The van der Waals surface area contributed by atoms with E-state index < -0.39 is 4.75 Å². The number of carbonyl (C=O) groups excluding carboxylic acids is 2. The van der Waals surface area contributed by atoms with Crippen LogP contribution in [0.2, 0.25) is 0 Å². The van der Waals surface area contributed by atoms with Gasteiger partial charge in [-0.3, -0.25) is 9.59 Å². The quantitative estimate of drug-likeness (QED) is 0.0229. The van der Waals surface area contributed by atoms with Gasteiger partial charge in [0.25, 0.3) is 0 Å². The molecule has 1 amide bonds. The fourth-order valence-corrected chi connectivity index (χ4v) is 12.3. The van der Waals surface area contributed by atoms with E-state index >= 15 is 0 Å². The Morgan fingerprint density at radius 2 is 0.894 bits per heavy atom. The lowest BCUT2D eigenvalue weighted by Gasteiger charge is -2.35. The van der Waals surface area contributed by atoms with Crippen LogP contribution in [-0.4, -0.2) is 30.8 Å². The zero-order valence-corrected chi connectivity index (χ0v) is 38.8. The summed E-state index contributed by atoms with van der Waals surface area (Å²) in [6.07, 6.45) is 12.8. The molecular formula is C61H59NO3S. The first-order valence-corrected chi connectivity index (χ1v) is 25.4. The summed E-state index contributed by atoms with van der Waals surface area (Å²) in [5, 5.41) is 19.3. The van der Waals surface area contributed by atoms with Gasteiger partial charge in [-0.2, -0.15) is 0 Å². The zero-order chi connectivity index (χ0) is 44.7. The number of hydrogen-bond acceptors (Lipinski definition) is 4. The van der Waals surface area contributed by atoms with Gasteiger partial charge in [-0.25, -0.2) is 0 Å². The molecule has 5 heteroatoms. The Morgan fingerprint density at radius 1 is 0.455 bits per heavy atom. The third-order valence-electron chi connectivity index (χ3n) is 14.0. The second-order valence-corrected chi connectivity index (χ2v) is 19.6. The lowest BCUT2D eigenvalue weighted by Crippen LogP contribution is -2.28. The first kappa shape index (κ1) is 43.7. The molecule has 0 heterocycles. The molecule has 0 aliphatic heterocycles. The summed E-state index contributed by atoms with van der Waals surface area (Å²) in [6, 6.07) is 57.2. The van der Waals surface area contributed by atoms with E-state index in [9.17, 15) is 9.59 Å². The summed E-state index contributed by atoms with van der Waals surface area (Å²) in [6.45, 7) is 1.25. The molecule has 0 unspecified atom stereocenters. The van der Waals surface area contributed by atoms with Crippen molar-refractivity contribution in [2.45, 2.75) is 88.2 Å². The third kappa shape index (κ3) is 8.78. The average molecular weight is 886 g/mol. The van der Waals surface area contributed by atoms with Crippen LogP contribution in [0.25, 0.3) is 64.6 Å². The predicted molar refractivity (Wildman–Crippen MR) is 280 cm³/mol. The molecule has 0 spiro atoms. The number of rotatable bonds is 23. The molecule has 332 valence electrons. The van der Waals surface area contributed by atoms with Crippen LogP contribution in [0.15, 0.2) is 158 Å². The number of amides is 1. The zero-order valence-electron chi connectivity index (χ0n) is 38.0. The standard InChI is InChI=1S/C61H59NO3S/c63-53(38-41-66-61(49-21-11-8-12-22-49,50-23-13-9-14-24-50)51-25-15-10-16-26-51)62-39-17-6-4-2-1-3-5-7-18-40-65-54(64)27-19-20-47-42-48-35-34-45-31-29-43-28-30-44-32-33-46-36-37-52(47)60-58(46)56(44)55(43)57(45)59(48)60/h8-16,21-26,28-37,42H,1-7,17-20,27,38-41H2,(H,62,63). The van der Waals surface area contributed by atoms with Crippen molar-refractivity contribution in [3.8, 4) is 0 Å². The Kier molecular flexibility index (Phi) is 13.3. The minimum Gasteiger partial charge on any atom is -0.466 e. The number of nitrogens with one attached hydrogen (secondary N) is 1. The molecule has 0 radical (unpaired) electrons. The van der Waals surface area contributed by atoms with E-state index in [1.54, 1.807) is 0 Å². The van der Waals surface area contributed by atoms with Gasteiger partial charge in [-0.1, -0.05) is 203 Å². The van der Waals surface area contributed by atoms with Gasteiger partial charge in [0.1, 0.15) is 0 Å². The normalized spacial score (nSPS) is 12.2. The highest BCUT2D eigenvalue weighted by atomic mass is 32.2. The topological polar surface area (TPSA) is 55.4 Å². The van der Waals surface area contributed by atoms with Crippen LogP contribution in [0.4, 0.5) is 0 Å². The van der Waals surface area contributed by atoms with Crippen molar-refractivity contribution in [1.82, 2.24) is 5.32 Å². The van der Waals surface area contributed by atoms with Crippen LogP contribution in [-0.2, 0) is 25.5 Å². The molecule has 0 fully saturated rings. The van der Waals surface area contributed by atoms with Crippen molar-refractivity contribution in [2.24, 2.45) is 0 Å². The van der Waals surface area contributed by atoms with E-state index in [-0.39, 0.29) is 11.9 Å². The van der Waals surface area contributed by atoms with Gasteiger partial charge < -0.3 is 10.1 Å². The van der Waals surface area contributed by atoms with E-state index in [1.807, 2.05) is 11.8 Å². The van der Waals surface area contributed by atoms with Crippen molar-refractivity contribution in [1.29, 1.82) is 0 Å². The Bertz CT molecular complexity index is 3010. The number of thioether (sulfide) groups is 1. The molecule has 0 saturated heterocycles. The van der Waals surface area contributed by atoms with Crippen molar-refractivity contribution in [3.05, 3.63) is 180 Å². The number of esters is 1. The van der Waals surface area contributed by atoms with Crippen LogP contribution in [0.5, 0.6) is 0 Å². The molecule has 0 bridgehead atoms. The largest absolute Gasteiger partial charge is 0.466 e. The summed E-state index contributed by atoms with van der Waals surface area (Å²) in [4.78, 5) is 25.8. The molecule has 0 aliphatic carbocycles. The van der Waals surface area contributed by atoms with Gasteiger partial charge in [0.2, 0.25) is 5.91 Å². The molecule has 4 nitrogen and oxygen atoms in total. The van der Waals surface area contributed by atoms with Crippen LogP contribution in [0, 0.1) is 0 Å². The van der Waals surface area contributed by atoms with Crippen molar-refractivity contribution in [3.63, 3.8) is 0 Å². The summed E-state index contributed by atoms with van der Waals surface area (Å²) in [5.41, 5.74) is 4.97. The molecule has 0 saturated carbocycles. The van der Waals surface area contributed by atoms with Crippen LogP contribution in [0.3, 0.4) is 0 Å². The third-order valence-corrected chi connectivity index (χ3v) is 15.6. The highest BCUT2D eigenvalue weighted by Gasteiger charge is 2.37. The molecule has 10 aromatic carbocycles. The monoisotopic (exact) mass is 885 g/mol. The molecule has 10 rings (SSSR count). The Balaban J connectivity index is 0.604. The SMILES string of the molecule is O=C(CCSC(c1ccccc1)(c1ccccc1)c1ccccc1)NCCCCCCCCCCCOC(=O)CCCc1cc2ccc3ccc4ccc5ccc6ccc1c1c6c5c4c3c21. The van der Waals surface area contributed by atoms with Crippen molar-refractivity contribution in [2.75, 3.05) is 18.9 Å². The minimum absolute atomic E-state index is 0.0815. The van der Waals surface area contributed by atoms with Gasteiger partial charge in [-0.15, -0.1) is 11.8 Å². The first-order valence-electron chi connectivity index (χ1n) is 24.4. The maximum atomic E-state index is 13.0. The molecule has 0 aliphatic rings. The maximum absolute atomic E-state index is 13.0. The first-order chi connectivity index (χ1) is 32.6. The summed E-state index contributed by atoms with van der Waals surface area (Å²) in [5.74, 6) is 0.761. The van der Waals surface area contributed by atoms with Gasteiger partial charge in [0.05, 0.1) is 11.4 Å². The number of carbonyl (C=O) groups is 2. The number of ether oxygens (including phenoxy) is 1. The molecule has 1 N–H and O–H groups in total. The number of aryl methyl sites for hydroxylation is 1. The highest BCUT2D eigenvalue weighted by Crippen LogP contribution is 2.50. The van der Waals surface area contributed by atoms with E-state index in [0.29, 0.717) is 25.2 Å². The number of benzene rings is 10. The van der Waals surface area contributed by atoms with E-state index in [1.165, 1.54) is 119 Å². The highest BCUT2D eigenvalue weighted by molar-refractivity contribution is 8.00. The molecule has 0 aromatic heterocycles. The minimum atomic E-state index is -0.401. The van der Waals surface area contributed by atoms with Crippen molar-refractivity contribution >= 4 is 88.3 Å². The molecule has 10 aromatic rings. The lowest BCUT2D eigenvalue weighted by atomic mass is 9.81. The van der Waals surface area contributed by atoms with Gasteiger partial charge >= 0.3 is 5.97 Å². The fourth-order valence-electron chi connectivity index (χ4n) is 10.8. The maximum Gasteiger partial charge on any atom is 0.305 e. The van der Waals surface area contributed by atoms with E-state index in [4.69, 9.17) is 4.74 Å². The average Bonchev–Trinajstić information content (AvgIpc) is 3.36. The number of unbranched alkanes of at least 4 members (excludes halogenated alkanes) is 8. The van der Waals surface area contributed by atoms with E-state index in [0.717, 1.165) is 45.1 Å². The predicted octanol–water partition coefficient (Wildman–Crippen LogP) is 15.5. The number of hydrogen-bond donors (Lipinski definition) is 1. The molecular weight excluding hydrogens is 827 g/mol. The summed E-state index contributed by atoms with van der Waals surface area (Å²) in [7, 11) is 0. The summed E-state index contributed by atoms with van der Waals surface area (Å²) < 4.78 is 5.29. The molecule has 0 atom stereocenters. The van der Waals surface area contributed by atoms with Crippen molar-refractivity contribution < 1.29 is 14.3 Å². The fraction of sp³-hybridized carbons (Fsp3) is 0.279. The van der Waals surface area contributed by atoms with Crippen LogP contribution < -0.4 is 5.32 Å². The Morgan fingerprint density at radius 3 is 1.42 bits per heavy atom. The Hall–Kier alpha value is -6.17. The smallest absolute Gasteiger partial charge is 0.305 e. The van der Waals surface area contributed by atoms with E-state index in [2.05, 4.69) is 163 Å². The van der Waals surface area contributed by atoms with Gasteiger partial charge in [0, 0.05) is 25.1 Å². The van der Waals surface area contributed by atoms with Gasteiger partial charge in [-0.05, 0) is 113 Å². The van der Waals surface area contributed by atoms with Crippen LogP contribution in [0.1, 0.15) is 99.3 Å². The summed E-state index contributed by atoms with van der Waals surface area (Å²) >= 11 is 1.84. The Labute approximate surface area is 393 Å².